The number of likely N-dealkylation sites (tertiary alicyclic amines) is 1. The number of esters is 2. The fourth-order valence-electron chi connectivity index (χ4n) is 5.67. The molecule has 2 aliphatic heterocycles. The molecule has 218 valence electrons. The minimum absolute atomic E-state index is 0.0182. The molecular formula is C33H33Cl2N3O4. The Morgan fingerprint density at radius 2 is 1.52 bits per heavy atom. The van der Waals surface area contributed by atoms with Crippen LogP contribution in [0.4, 0.5) is 0 Å². The predicted octanol–water partition coefficient (Wildman–Crippen LogP) is 6.31. The summed E-state index contributed by atoms with van der Waals surface area (Å²) >= 11 is 13.0. The van der Waals surface area contributed by atoms with Crippen LogP contribution in [0.1, 0.15) is 49.4 Å². The molecule has 3 aromatic carbocycles. The Hall–Kier alpha value is -3.65. The lowest BCUT2D eigenvalue weighted by Gasteiger charge is -2.44. The maximum absolute atomic E-state index is 13.9. The zero-order chi connectivity index (χ0) is 30.0. The van der Waals surface area contributed by atoms with Crippen molar-refractivity contribution in [3.05, 3.63) is 117 Å². The van der Waals surface area contributed by atoms with E-state index in [1.165, 1.54) is 0 Å². The van der Waals surface area contributed by atoms with Crippen LogP contribution in [0.25, 0.3) is 0 Å². The van der Waals surface area contributed by atoms with E-state index in [0.717, 1.165) is 11.1 Å². The SMILES string of the molecule is CC1=C(C(=O)OC(C)C)C(c2cccc(Cl)c2Cl)C(C(=O)OC2CN(C(c3ccccc3)c3ccccc3)C2)C(N)=N1. The molecule has 0 aliphatic carbocycles. The lowest BCUT2D eigenvalue weighted by atomic mass is 9.77. The standard InChI is InChI=1S/C33H33Cl2N3O4/c1-19(2)41-32(39)26-20(3)37-31(36)28(27(26)24-15-10-16-25(34)29(24)35)33(40)42-23-17-38(18-23)30(21-11-6-4-7-12-21)22-13-8-5-9-14-22/h4-16,19,23,27-28,30H,17-18H2,1-3H3,(H2,36,37). The van der Waals surface area contributed by atoms with Gasteiger partial charge in [-0.25, -0.2) is 9.79 Å². The Bertz CT molecular complexity index is 1480. The van der Waals surface area contributed by atoms with Gasteiger partial charge < -0.3 is 15.2 Å². The molecule has 2 atom stereocenters. The van der Waals surface area contributed by atoms with Gasteiger partial charge in [-0.1, -0.05) is 96.0 Å². The number of benzene rings is 3. The highest BCUT2D eigenvalue weighted by atomic mass is 35.5. The normalized spacial score (nSPS) is 19.5. The highest BCUT2D eigenvalue weighted by Crippen LogP contribution is 2.44. The molecule has 0 spiro atoms. The monoisotopic (exact) mass is 605 g/mol. The summed E-state index contributed by atoms with van der Waals surface area (Å²) in [5.41, 5.74) is 9.73. The van der Waals surface area contributed by atoms with Gasteiger partial charge in [-0.15, -0.1) is 0 Å². The Morgan fingerprint density at radius 3 is 2.10 bits per heavy atom. The number of carbonyl (C=O) groups is 2. The Kier molecular flexibility index (Phi) is 9.02. The fraction of sp³-hybridized carbons (Fsp3) is 0.303. The lowest BCUT2D eigenvalue weighted by molar-refractivity contribution is -0.161. The van der Waals surface area contributed by atoms with Gasteiger partial charge in [0, 0.05) is 19.0 Å². The van der Waals surface area contributed by atoms with Crippen LogP contribution in [0.15, 0.2) is 95.1 Å². The number of nitrogens with two attached hydrogens (primary N) is 1. The van der Waals surface area contributed by atoms with E-state index in [9.17, 15) is 9.59 Å². The maximum atomic E-state index is 13.9. The summed E-state index contributed by atoms with van der Waals surface area (Å²) in [5, 5.41) is 0.516. The van der Waals surface area contributed by atoms with E-state index in [2.05, 4.69) is 34.2 Å². The van der Waals surface area contributed by atoms with Crippen molar-refractivity contribution in [1.82, 2.24) is 4.90 Å². The van der Waals surface area contributed by atoms with Crippen LogP contribution < -0.4 is 5.73 Å². The topological polar surface area (TPSA) is 94.2 Å². The molecule has 1 fully saturated rings. The molecule has 3 aromatic rings. The smallest absolute Gasteiger partial charge is 0.336 e. The van der Waals surface area contributed by atoms with Crippen LogP contribution >= 0.6 is 23.2 Å². The third kappa shape index (κ3) is 6.09. The Labute approximate surface area is 255 Å². The van der Waals surface area contributed by atoms with Crippen molar-refractivity contribution in [3.63, 3.8) is 0 Å². The number of aliphatic imine (C=N–C) groups is 1. The Balaban J connectivity index is 1.40. The number of carbonyl (C=O) groups excluding carboxylic acids is 2. The van der Waals surface area contributed by atoms with Crippen LogP contribution in [0.5, 0.6) is 0 Å². The van der Waals surface area contributed by atoms with E-state index in [1.807, 2.05) is 36.4 Å². The first-order valence-corrected chi connectivity index (χ1v) is 14.7. The second kappa shape index (κ2) is 12.7. The molecule has 0 saturated carbocycles. The highest BCUT2D eigenvalue weighted by Gasteiger charge is 2.46. The molecule has 5 rings (SSSR count). The minimum Gasteiger partial charge on any atom is -0.460 e. The molecule has 7 nitrogen and oxygen atoms in total. The largest absolute Gasteiger partial charge is 0.460 e. The molecule has 2 unspecified atom stereocenters. The van der Waals surface area contributed by atoms with Crippen molar-refractivity contribution >= 4 is 41.0 Å². The molecule has 0 aromatic heterocycles. The first kappa shape index (κ1) is 29.8. The number of ether oxygens (including phenoxy) is 2. The summed E-state index contributed by atoms with van der Waals surface area (Å²) in [4.78, 5) is 33.8. The lowest BCUT2D eigenvalue weighted by Crippen LogP contribution is -2.55. The van der Waals surface area contributed by atoms with Gasteiger partial charge >= 0.3 is 11.9 Å². The maximum Gasteiger partial charge on any atom is 0.336 e. The van der Waals surface area contributed by atoms with Gasteiger partial charge in [-0.05, 0) is 43.5 Å². The predicted molar refractivity (Wildman–Crippen MR) is 164 cm³/mol. The number of hydrogen-bond acceptors (Lipinski definition) is 7. The number of allylic oxidation sites excluding steroid dienone is 1. The van der Waals surface area contributed by atoms with Crippen molar-refractivity contribution < 1.29 is 19.1 Å². The van der Waals surface area contributed by atoms with Gasteiger partial charge in [0.05, 0.1) is 33.5 Å². The van der Waals surface area contributed by atoms with Crippen molar-refractivity contribution in [1.29, 1.82) is 0 Å². The fourth-order valence-corrected chi connectivity index (χ4v) is 6.09. The van der Waals surface area contributed by atoms with Crippen molar-refractivity contribution in [3.8, 4) is 0 Å². The van der Waals surface area contributed by atoms with Crippen molar-refractivity contribution in [2.24, 2.45) is 16.6 Å². The van der Waals surface area contributed by atoms with Gasteiger partial charge in [0.1, 0.15) is 17.9 Å². The van der Waals surface area contributed by atoms with E-state index in [-0.39, 0.29) is 34.7 Å². The summed E-state index contributed by atoms with van der Waals surface area (Å²) < 4.78 is 11.6. The molecule has 2 N–H and O–H groups in total. The molecular weight excluding hydrogens is 573 g/mol. The van der Waals surface area contributed by atoms with E-state index in [1.54, 1.807) is 39.0 Å². The summed E-state index contributed by atoms with van der Waals surface area (Å²) in [7, 11) is 0. The van der Waals surface area contributed by atoms with Gasteiger partial charge in [0.2, 0.25) is 0 Å². The average molecular weight is 607 g/mol. The van der Waals surface area contributed by atoms with Gasteiger partial charge in [-0.3, -0.25) is 9.69 Å². The van der Waals surface area contributed by atoms with Crippen LogP contribution in [0.3, 0.4) is 0 Å². The van der Waals surface area contributed by atoms with E-state index in [4.69, 9.17) is 38.4 Å². The highest BCUT2D eigenvalue weighted by molar-refractivity contribution is 6.42. The third-order valence-corrected chi connectivity index (χ3v) is 8.37. The number of nitrogens with zero attached hydrogens (tertiary/aromatic N) is 2. The zero-order valence-electron chi connectivity index (χ0n) is 23.7. The molecule has 9 heteroatoms. The van der Waals surface area contributed by atoms with Crippen molar-refractivity contribution in [2.45, 2.75) is 44.9 Å². The first-order valence-electron chi connectivity index (χ1n) is 13.9. The number of rotatable bonds is 8. The minimum atomic E-state index is -1.09. The third-order valence-electron chi connectivity index (χ3n) is 7.54. The number of hydrogen-bond donors (Lipinski definition) is 1. The molecule has 0 amide bonds. The van der Waals surface area contributed by atoms with Crippen LogP contribution in [-0.4, -0.2) is 48.0 Å². The molecule has 2 heterocycles. The summed E-state index contributed by atoms with van der Waals surface area (Å²) in [6, 6.07) is 25.6. The molecule has 2 aliphatic rings. The number of halogens is 2. The van der Waals surface area contributed by atoms with Crippen LogP contribution in [0.2, 0.25) is 10.0 Å². The van der Waals surface area contributed by atoms with E-state index >= 15 is 0 Å². The summed E-state index contributed by atoms with van der Waals surface area (Å²) in [5.74, 6) is -3.11. The molecule has 0 radical (unpaired) electrons. The Morgan fingerprint density at radius 1 is 0.929 bits per heavy atom. The molecule has 1 saturated heterocycles. The average Bonchev–Trinajstić information content (AvgIpc) is 2.93. The number of amidine groups is 1. The first-order chi connectivity index (χ1) is 20.2. The van der Waals surface area contributed by atoms with Gasteiger partial charge in [0.15, 0.2) is 0 Å². The van der Waals surface area contributed by atoms with E-state index in [0.29, 0.717) is 29.4 Å². The molecule has 0 bridgehead atoms. The zero-order valence-corrected chi connectivity index (χ0v) is 25.2. The van der Waals surface area contributed by atoms with Crippen LogP contribution in [0, 0.1) is 5.92 Å². The second-order valence-corrected chi connectivity index (χ2v) is 11.6. The summed E-state index contributed by atoms with van der Waals surface area (Å²) in [6.45, 7) is 6.23. The van der Waals surface area contributed by atoms with Crippen molar-refractivity contribution in [2.75, 3.05) is 13.1 Å². The van der Waals surface area contributed by atoms with Crippen LogP contribution in [-0.2, 0) is 19.1 Å². The van der Waals surface area contributed by atoms with E-state index < -0.39 is 23.8 Å². The second-order valence-electron chi connectivity index (χ2n) is 10.8. The van der Waals surface area contributed by atoms with Gasteiger partial charge in [0.25, 0.3) is 0 Å². The summed E-state index contributed by atoms with van der Waals surface area (Å²) in [6.07, 6.45) is -0.751. The quantitative estimate of drug-likeness (QED) is 0.302. The van der Waals surface area contributed by atoms with Gasteiger partial charge in [-0.2, -0.15) is 0 Å². The molecule has 42 heavy (non-hydrogen) atoms.